The van der Waals surface area contributed by atoms with Crippen LogP contribution in [0.5, 0.6) is 0 Å². The Hall–Kier alpha value is -2.02. The first-order valence-corrected chi connectivity index (χ1v) is 6.22. The van der Waals surface area contributed by atoms with Gasteiger partial charge in [0.25, 0.3) is 0 Å². The van der Waals surface area contributed by atoms with Crippen LogP contribution in [0.1, 0.15) is 13.8 Å². The Morgan fingerprint density at radius 2 is 1.75 bits per heavy atom. The first kappa shape index (κ1) is 16.0. The maximum Gasteiger partial charge on any atom is 0.343 e. The summed E-state index contributed by atoms with van der Waals surface area (Å²) in [5.74, 6) is -0.972. The van der Waals surface area contributed by atoms with Gasteiger partial charge in [-0.3, -0.25) is 0 Å². The van der Waals surface area contributed by atoms with E-state index < -0.39 is 18.2 Å². The predicted molar refractivity (Wildman–Crippen MR) is 69.3 cm³/mol. The monoisotopic (exact) mass is 285 g/mol. The zero-order valence-electron chi connectivity index (χ0n) is 12.0. The molecule has 1 unspecified atom stereocenters. The minimum atomic E-state index is -0.748. The number of ether oxygens (including phenoxy) is 4. The van der Waals surface area contributed by atoms with E-state index >= 15 is 0 Å². The van der Waals surface area contributed by atoms with E-state index in [1.165, 1.54) is 20.3 Å². The number of methoxy groups -OCH3 is 2. The summed E-state index contributed by atoms with van der Waals surface area (Å²) >= 11 is 0. The van der Waals surface area contributed by atoms with Crippen molar-refractivity contribution in [1.29, 1.82) is 0 Å². The van der Waals surface area contributed by atoms with Crippen molar-refractivity contribution in [2.75, 3.05) is 27.4 Å². The molecule has 0 amide bonds. The fourth-order valence-electron chi connectivity index (χ4n) is 1.67. The summed E-state index contributed by atoms with van der Waals surface area (Å²) in [5, 5.41) is 2.80. The third-order valence-electron chi connectivity index (χ3n) is 2.54. The molecule has 1 aliphatic rings. The maximum atomic E-state index is 11.9. The van der Waals surface area contributed by atoms with Crippen LogP contribution in [0.25, 0.3) is 0 Å². The van der Waals surface area contributed by atoms with E-state index in [2.05, 4.69) is 5.32 Å². The van der Waals surface area contributed by atoms with E-state index in [1.54, 1.807) is 13.8 Å². The number of dihydropyridines is 1. The van der Waals surface area contributed by atoms with Gasteiger partial charge < -0.3 is 24.3 Å². The average molecular weight is 285 g/mol. The second-order valence-corrected chi connectivity index (χ2v) is 3.75. The highest BCUT2D eigenvalue weighted by Crippen LogP contribution is 2.21. The van der Waals surface area contributed by atoms with Crippen LogP contribution in [0.15, 0.2) is 23.1 Å². The lowest BCUT2D eigenvalue weighted by Gasteiger charge is -2.26. The van der Waals surface area contributed by atoms with Crippen LogP contribution < -0.4 is 5.32 Å². The van der Waals surface area contributed by atoms with E-state index in [1.807, 2.05) is 0 Å². The minimum absolute atomic E-state index is 0.116. The summed E-state index contributed by atoms with van der Waals surface area (Å²) in [4.78, 5) is 23.7. The summed E-state index contributed by atoms with van der Waals surface area (Å²) in [7, 11) is 2.82. The molecule has 7 nitrogen and oxygen atoms in total. The molecule has 112 valence electrons. The van der Waals surface area contributed by atoms with Crippen molar-refractivity contribution in [1.82, 2.24) is 5.32 Å². The summed E-state index contributed by atoms with van der Waals surface area (Å²) in [6.45, 7) is 3.83. The number of carbonyl (C=O) groups excluding carboxylic acids is 2. The molecule has 0 spiro atoms. The Labute approximate surface area is 117 Å². The second kappa shape index (κ2) is 7.54. The third-order valence-corrected chi connectivity index (χ3v) is 2.54. The molecule has 0 aliphatic carbocycles. The molecule has 1 heterocycles. The topological polar surface area (TPSA) is 83.1 Å². The fourth-order valence-corrected chi connectivity index (χ4v) is 1.67. The maximum absolute atomic E-state index is 11.9. The smallest absolute Gasteiger partial charge is 0.343 e. The summed E-state index contributed by atoms with van der Waals surface area (Å²) < 4.78 is 20.1. The number of hydrogen-bond donors (Lipinski definition) is 1. The van der Waals surface area contributed by atoms with Crippen LogP contribution in [0.4, 0.5) is 0 Å². The highest BCUT2D eigenvalue weighted by Gasteiger charge is 2.31. The fraction of sp³-hybridized carbons (Fsp3) is 0.538. The molecule has 0 saturated heterocycles. The summed E-state index contributed by atoms with van der Waals surface area (Å²) in [6, 6.07) is 0. The largest absolute Gasteiger partial charge is 0.482 e. The van der Waals surface area contributed by atoms with Gasteiger partial charge in [0.2, 0.25) is 5.88 Å². The zero-order chi connectivity index (χ0) is 15.1. The van der Waals surface area contributed by atoms with E-state index in [0.29, 0.717) is 0 Å². The number of esters is 2. The van der Waals surface area contributed by atoms with Crippen LogP contribution in [0.2, 0.25) is 0 Å². The first-order valence-electron chi connectivity index (χ1n) is 6.22. The molecule has 0 bridgehead atoms. The Bertz CT molecular complexity index is 440. The number of nitrogens with one attached hydrogen (secondary N) is 1. The molecule has 0 aromatic carbocycles. The molecule has 0 saturated carbocycles. The highest BCUT2D eigenvalue weighted by atomic mass is 16.5. The van der Waals surface area contributed by atoms with E-state index in [9.17, 15) is 9.59 Å². The molecule has 1 aliphatic heterocycles. The molecule has 0 fully saturated rings. The highest BCUT2D eigenvalue weighted by molar-refractivity contribution is 5.98. The van der Waals surface area contributed by atoms with Crippen molar-refractivity contribution in [3.63, 3.8) is 0 Å². The van der Waals surface area contributed by atoms with Crippen LogP contribution in [0, 0.1) is 0 Å². The Kier molecular flexibility index (Phi) is 6.05. The lowest BCUT2D eigenvalue weighted by molar-refractivity contribution is -0.140. The molecule has 20 heavy (non-hydrogen) atoms. The molecule has 1 rings (SSSR count). The Morgan fingerprint density at radius 1 is 1.15 bits per heavy atom. The molecule has 0 aromatic heterocycles. The lowest BCUT2D eigenvalue weighted by Crippen LogP contribution is -2.40. The van der Waals surface area contributed by atoms with E-state index in [4.69, 9.17) is 18.9 Å². The van der Waals surface area contributed by atoms with Crippen molar-refractivity contribution in [2.45, 2.75) is 20.1 Å². The van der Waals surface area contributed by atoms with Gasteiger partial charge in [-0.25, -0.2) is 9.59 Å². The SMILES string of the molecule is CCOC(=O)C1=CC(C(=O)OCC)=C(OC)NC1OC. The van der Waals surface area contributed by atoms with E-state index in [0.717, 1.165) is 0 Å². The van der Waals surface area contributed by atoms with Crippen molar-refractivity contribution >= 4 is 11.9 Å². The van der Waals surface area contributed by atoms with Gasteiger partial charge in [0, 0.05) is 7.11 Å². The van der Waals surface area contributed by atoms with Gasteiger partial charge in [-0.05, 0) is 19.9 Å². The standard InChI is InChI=1S/C13H19NO6/c1-5-19-12(15)8-7-9(13(16)20-6-2)11(18-4)14-10(8)17-3/h7,10,14H,5-6H2,1-4H3. The normalized spacial score (nSPS) is 18.0. The van der Waals surface area contributed by atoms with Gasteiger partial charge in [0.1, 0.15) is 5.57 Å². The predicted octanol–water partition coefficient (Wildman–Crippen LogP) is 0.473. The average Bonchev–Trinajstić information content (AvgIpc) is 2.46. The molecule has 1 atom stereocenters. The van der Waals surface area contributed by atoms with E-state index in [-0.39, 0.29) is 30.2 Å². The van der Waals surface area contributed by atoms with Crippen LogP contribution >= 0.6 is 0 Å². The number of carbonyl (C=O) groups is 2. The van der Waals surface area contributed by atoms with Gasteiger partial charge in [-0.15, -0.1) is 0 Å². The van der Waals surface area contributed by atoms with Gasteiger partial charge in [-0.1, -0.05) is 0 Å². The lowest BCUT2D eigenvalue weighted by atomic mass is 10.1. The number of hydrogen-bond acceptors (Lipinski definition) is 7. The van der Waals surface area contributed by atoms with Crippen molar-refractivity contribution in [3.05, 3.63) is 23.1 Å². The van der Waals surface area contributed by atoms with Crippen LogP contribution in [-0.2, 0) is 28.5 Å². The van der Waals surface area contributed by atoms with Crippen molar-refractivity contribution in [2.24, 2.45) is 0 Å². The molecule has 7 heteroatoms. The minimum Gasteiger partial charge on any atom is -0.482 e. The third kappa shape index (κ3) is 3.51. The molecule has 0 aromatic rings. The summed E-state index contributed by atoms with van der Waals surface area (Å²) in [6.07, 6.45) is 0.613. The Morgan fingerprint density at radius 3 is 2.25 bits per heavy atom. The van der Waals surface area contributed by atoms with Gasteiger partial charge in [0.15, 0.2) is 6.23 Å². The molecule has 1 N–H and O–H groups in total. The van der Waals surface area contributed by atoms with Crippen molar-refractivity contribution < 1.29 is 28.5 Å². The van der Waals surface area contributed by atoms with Crippen molar-refractivity contribution in [3.8, 4) is 0 Å². The molecule has 0 radical (unpaired) electrons. The van der Waals surface area contributed by atoms with Crippen LogP contribution in [0.3, 0.4) is 0 Å². The molecular formula is C13H19NO6. The van der Waals surface area contributed by atoms with Gasteiger partial charge in [0.05, 0.1) is 25.9 Å². The zero-order valence-corrected chi connectivity index (χ0v) is 12.0. The second-order valence-electron chi connectivity index (χ2n) is 3.75. The molecular weight excluding hydrogens is 266 g/mol. The number of rotatable bonds is 6. The van der Waals surface area contributed by atoms with Gasteiger partial charge in [-0.2, -0.15) is 0 Å². The first-order chi connectivity index (χ1) is 9.58. The quantitative estimate of drug-likeness (QED) is 0.710. The van der Waals surface area contributed by atoms with Gasteiger partial charge >= 0.3 is 11.9 Å². The Balaban J connectivity index is 3.14. The summed E-state index contributed by atoms with van der Waals surface area (Å²) in [5.41, 5.74) is 0.295. The van der Waals surface area contributed by atoms with Crippen LogP contribution in [-0.4, -0.2) is 45.6 Å².